The third-order valence-electron chi connectivity index (χ3n) is 5.08. The Labute approximate surface area is 182 Å². The summed E-state index contributed by atoms with van der Waals surface area (Å²) in [7, 11) is 0. The molecule has 0 aliphatic carbocycles. The highest BCUT2D eigenvalue weighted by atomic mass is 35.5. The number of amides is 1. The highest BCUT2D eigenvalue weighted by Gasteiger charge is 2.28. The summed E-state index contributed by atoms with van der Waals surface area (Å²) in [4.78, 5) is 15.0. The first kappa shape index (κ1) is 21.6. The van der Waals surface area contributed by atoms with Crippen molar-refractivity contribution in [1.29, 1.82) is 0 Å². The van der Waals surface area contributed by atoms with Crippen molar-refractivity contribution in [2.24, 2.45) is 0 Å². The summed E-state index contributed by atoms with van der Waals surface area (Å²) in [5.41, 5.74) is 10.6. The molecule has 0 radical (unpaired) electrons. The topological polar surface area (TPSA) is 86.3 Å². The van der Waals surface area contributed by atoms with Crippen molar-refractivity contribution in [2.45, 2.75) is 39.7 Å². The fraction of sp³-hybridized carbons (Fsp3) is 0.318. The van der Waals surface area contributed by atoms with Gasteiger partial charge in [-0.1, -0.05) is 11.3 Å². The van der Waals surface area contributed by atoms with E-state index in [0.29, 0.717) is 17.9 Å². The molecule has 0 saturated heterocycles. The maximum absolute atomic E-state index is 13.3. The van der Waals surface area contributed by atoms with Gasteiger partial charge in [0.1, 0.15) is 5.75 Å². The van der Waals surface area contributed by atoms with Crippen LogP contribution in [0.3, 0.4) is 0 Å². The number of nitrogens with zero attached hydrogens (tertiary/aromatic N) is 4. The molecular formula is C22H26ClN5O2. The zero-order valence-corrected chi connectivity index (χ0v) is 18.1. The first-order valence-corrected chi connectivity index (χ1v) is 9.84. The summed E-state index contributed by atoms with van der Waals surface area (Å²) in [6.45, 7) is 6.47. The van der Waals surface area contributed by atoms with Crippen molar-refractivity contribution in [3.05, 3.63) is 59.4 Å². The minimum atomic E-state index is -0.153. The molecule has 4 rings (SSSR count). The van der Waals surface area contributed by atoms with Crippen molar-refractivity contribution in [3.63, 3.8) is 0 Å². The van der Waals surface area contributed by atoms with E-state index in [9.17, 15) is 4.79 Å². The van der Waals surface area contributed by atoms with Gasteiger partial charge >= 0.3 is 0 Å². The van der Waals surface area contributed by atoms with Gasteiger partial charge in [-0.05, 0) is 75.6 Å². The second-order valence-electron chi connectivity index (χ2n) is 7.50. The van der Waals surface area contributed by atoms with E-state index in [0.717, 1.165) is 41.2 Å². The Morgan fingerprint density at radius 3 is 2.60 bits per heavy atom. The van der Waals surface area contributed by atoms with E-state index in [4.69, 9.17) is 10.5 Å². The van der Waals surface area contributed by atoms with Gasteiger partial charge in [0.25, 0.3) is 5.91 Å². The highest BCUT2D eigenvalue weighted by Crippen LogP contribution is 2.32. The van der Waals surface area contributed by atoms with E-state index in [1.807, 2.05) is 63.2 Å². The number of nitrogens with two attached hydrogens (primary N) is 1. The zero-order chi connectivity index (χ0) is 20.5. The molecule has 1 aliphatic rings. The molecule has 7 nitrogen and oxygen atoms in total. The van der Waals surface area contributed by atoms with Crippen molar-refractivity contribution in [1.82, 2.24) is 15.0 Å². The van der Waals surface area contributed by atoms with Crippen molar-refractivity contribution in [3.8, 4) is 11.4 Å². The Hall–Kier alpha value is -3.06. The summed E-state index contributed by atoms with van der Waals surface area (Å²) < 4.78 is 7.36. The summed E-state index contributed by atoms with van der Waals surface area (Å²) >= 11 is 0. The van der Waals surface area contributed by atoms with Crippen LogP contribution in [0.15, 0.2) is 42.5 Å². The third-order valence-corrected chi connectivity index (χ3v) is 5.08. The smallest absolute Gasteiger partial charge is 0.280 e. The average Bonchev–Trinajstić information content (AvgIpc) is 3.09. The molecule has 1 aromatic heterocycles. The molecule has 0 bridgehead atoms. The number of ether oxygens (including phenoxy) is 1. The number of hydrogen-bond acceptors (Lipinski definition) is 5. The van der Waals surface area contributed by atoms with E-state index in [1.165, 1.54) is 0 Å². The number of carbonyl (C=O) groups is 1. The Bertz CT molecular complexity index is 1050. The van der Waals surface area contributed by atoms with Gasteiger partial charge in [0.05, 0.1) is 17.5 Å². The fourth-order valence-corrected chi connectivity index (χ4v) is 3.70. The van der Waals surface area contributed by atoms with Crippen LogP contribution in [-0.2, 0) is 6.42 Å². The Morgan fingerprint density at radius 1 is 1.17 bits per heavy atom. The van der Waals surface area contributed by atoms with Gasteiger partial charge in [0.15, 0.2) is 5.69 Å². The molecule has 0 fully saturated rings. The molecule has 2 heterocycles. The maximum Gasteiger partial charge on any atom is 0.280 e. The standard InChI is InChI=1S/C22H25N5O2.ClH/c1-14(2)29-17-11-9-16(10-12-17)27-15(3)21(24-25-27)22(28)26-13-5-6-18-19(23)7-4-8-20(18)26;/h4,7-12,14H,5-6,13,23H2,1-3H3;1H. The van der Waals surface area contributed by atoms with Gasteiger partial charge in [-0.15, -0.1) is 17.5 Å². The number of benzene rings is 2. The molecule has 30 heavy (non-hydrogen) atoms. The molecule has 0 saturated carbocycles. The summed E-state index contributed by atoms with van der Waals surface area (Å²) in [5, 5.41) is 8.41. The average molecular weight is 428 g/mol. The van der Waals surface area contributed by atoms with E-state index in [1.54, 1.807) is 9.58 Å². The number of anilines is 2. The molecular weight excluding hydrogens is 402 g/mol. The van der Waals surface area contributed by atoms with E-state index < -0.39 is 0 Å². The predicted octanol–water partition coefficient (Wildman–Crippen LogP) is 3.96. The monoisotopic (exact) mass is 427 g/mol. The van der Waals surface area contributed by atoms with Crippen LogP contribution in [0.25, 0.3) is 5.69 Å². The van der Waals surface area contributed by atoms with Crippen LogP contribution in [0.2, 0.25) is 0 Å². The van der Waals surface area contributed by atoms with Crippen LogP contribution >= 0.6 is 12.4 Å². The Balaban J connectivity index is 0.00000256. The minimum absolute atomic E-state index is 0. The van der Waals surface area contributed by atoms with E-state index >= 15 is 0 Å². The molecule has 0 unspecified atom stereocenters. The Morgan fingerprint density at radius 2 is 1.90 bits per heavy atom. The molecule has 2 aromatic carbocycles. The van der Waals surface area contributed by atoms with E-state index in [-0.39, 0.29) is 24.4 Å². The number of hydrogen-bond donors (Lipinski definition) is 1. The number of carbonyl (C=O) groups excluding carboxylic acids is 1. The molecule has 0 atom stereocenters. The second-order valence-corrected chi connectivity index (χ2v) is 7.50. The van der Waals surface area contributed by atoms with Crippen LogP contribution in [0.5, 0.6) is 5.75 Å². The SMILES string of the molecule is Cc1c(C(=O)N2CCCc3c(N)cccc32)nnn1-c1ccc(OC(C)C)cc1.Cl. The first-order valence-electron chi connectivity index (χ1n) is 9.84. The summed E-state index contributed by atoms with van der Waals surface area (Å²) in [6.07, 6.45) is 1.86. The normalized spacial score (nSPS) is 13.0. The third kappa shape index (κ3) is 3.98. The minimum Gasteiger partial charge on any atom is -0.491 e. The molecule has 0 spiro atoms. The van der Waals surface area contributed by atoms with Crippen LogP contribution in [0.1, 0.15) is 42.0 Å². The number of rotatable bonds is 4. The van der Waals surface area contributed by atoms with Crippen molar-refractivity contribution < 1.29 is 9.53 Å². The Kier molecular flexibility index (Phi) is 6.31. The van der Waals surface area contributed by atoms with Gasteiger partial charge in [-0.3, -0.25) is 4.79 Å². The van der Waals surface area contributed by atoms with Gasteiger partial charge in [0, 0.05) is 17.9 Å². The molecule has 158 valence electrons. The number of aromatic nitrogens is 3. The van der Waals surface area contributed by atoms with Gasteiger partial charge < -0.3 is 15.4 Å². The van der Waals surface area contributed by atoms with Gasteiger partial charge in [-0.2, -0.15) is 0 Å². The van der Waals surface area contributed by atoms with Gasteiger partial charge in [0.2, 0.25) is 0 Å². The van der Waals surface area contributed by atoms with Crippen LogP contribution in [0.4, 0.5) is 11.4 Å². The van der Waals surface area contributed by atoms with Crippen molar-refractivity contribution in [2.75, 3.05) is 17.2 Å². The van der Waals surface area contributed by atoms with Crippen LogP contribution in [-0.4, -0.2) is 33.5 Å². The largest absolute Gasteiger partial charge is 0.491 e. The lowest BCUT2D eigenvalue weighted by Crippen LogP contribution is -2.36. The summed E-state index contributed by atoms with van der Waals surface area (Å²) in [5.74, 6) is 0.639. The number of nitrogen functional groups attached to an aromatic ring is 1. The van der Waals surface area contributed by atoms with Gasteiger partial charge in [-0.25, -0.2) is 4.68 Å². The number of halogens is 1. The lowest BCUT2D eigenvalue weighted by atomic mass is 9.99. The van der Waals surface area contributed by atoms with Crippen molar-refractivity contribution >= 4 is 29.7 Å². The zero-order valence-electron chi connectivity index (χ0n) is 17.3. The molecule has 3 aromatic rings. The molecule has 1 aliphatic heterocycles. The lowest BCUT2D eigenvalue weighted by Gasteiger charge is -2.29. The van der Waals surface area contributed by atoms with Crippen LogP contribution in [0, 0.1) is 6.92 Å². The molecule has 8 heteroatoms. The summed E-state index contributed by atoms with van der Waals surface area (Å²) in [6, 6.07) is 13.3. The van der Waals surface area contributed by atoms with E-state index in [2.05, 4.69) is 10.3 Å². The molecule has 2 N–H and O–H groups in total. The van der Waals surface area contributed by atoms with Crippen LogP contribution < -0.4 is 15.4 Å². The second kappa shape index (κ2) is 8.75. The molecule has 1 amide bonds. The number of fused-ring (bicyclic) bond motifs is 1. The fourth-order valence-electron chi connectivity index (χ4n) is 3.70. The first-order chi connectivity index (χ1) is 14.0. The maximum atomic E-state index is 13.3. The quantitative estimate of drug-likeness (QED) is 0.637. The lowest BCUT2D eigenvalue weighted by molar-refractivity contribution is 0.0979. The predicted molar refractivity (Wildman–Crippen MR) is 120 cm³/mol. The highest BCUT2D eigenvalue weighted by molar-refractivity contribution is 6.06.